The molecule has 22 heavy (non-hydrogen) atoms. The molecular formula is C17H11FN4. The molecular weight excluding hydrogens is 279 g/mol. The van der Waals surface area contributed by atoms with Crippen molar-refractivity contribution in [2.75, 3.05) is 0 Å². The second-order valence-corrected chi connectivity index (χ2v) is 4.87. The lowest BCUT2D eigenvalue weighted by Gasteiger charge is -2.07. The van der Waals surface area contributed by atoms with E-state index in [0.29, 0.717) is 5.78 Å². The van der Waals surface area contributed by atoms with Gasteiger partial charge in [-0.3, -0.25) is 0 Å². The maximum Gasteiger partial charge on any atom is 0.253 e. The molecule has 0 saturated carbocycles. The molecule has 4 nitrogen and oxygen atoms in total. The Bertz CT molecular complexity index is 930. The van der Waals surface area contributed by atoms with E-state index in [9.17, 15) is 4.39 Å². The molecule has 2 aromatic heterocycles. The van der Waals surface area contributed by atoms with Crippen LogP contribution in [-0.4, -0.2) is 19.6 Å². The highest BCUT2D eigenvalue weighted by Crippen LogP contribution is 2.25. The Labute approximate surface area is 125 Å². The fourth-order valence-electron chi connectivity index (χ4n) is 2.40. The van der Waals surface area contributed by atoms with Crippen molar-refractivity contribution < 1.29 is 4.39 Å². The highest BCUT2D eigenvalue weighted by atomic mass is 19.1. The summed E-state index contributed by atoms with van der Waals surface area (Å²) in [5.74, 6) is 0.247. The molecule has 0 saturated heterocycles. The maximum atomic E-state index is 13.2. The molecule has 106 valence electrons. The first-order valence-corrected chi connectivity index (χ1v) is 6.83. The lowest BCUT2D eigenvalue weighted by atomic mass is 10.1. The summed E-state index contributed by atoms with van der Waals surface area (Å²) in [5, 5.41) is 4.20. The summed E-state index contributed by atoms with van der Waals surface area (Å²) in [5.41, 5.74) is 3.48. The van der Waals surface area contributed by atoms with Crippen LogP contribution in [0.2, 0.25) is 0 Å². The van der Waals surface area contributed by atoms with Crippen LogP contribution in [0.15, 0.2) is 67.0 Å². The molecule has 4 aromatic rings. The van der Waals surface area contributed by atoms with Gasteiger partial charge in [-0.25, -0.2) is 9.37 Å². The monoisotopic (exact) mass is 290 g/mol. The van der Waals surface area contributed by atoms with Crippen molar-refractivity contribution in [3.05, 3.63) is 72.8 Å². The van der Waals surface area contributed by atoms with E-state index in [1.165, 1.54) is 18.5 Å². The molecule has 0 aliphatic rings. The van der Waals surface area contributed by atoms with Crippen LogP contribution in [0.5, 0.6) is 0 Å². The van der Waals surface area contributed by atoms with Gasteiger partial charge in [-0.05, 0) is 30.3 Å². The summed E-state index contributed by atoms with van der Waals surface area (Å²) in [6.45, 7) is 0. The highest BCUT2D eigenvalue weighted by Gasteiger charge is 2.10. The van der Waals surface area contributed by atoms with Crippen molar-refractivity contribution in [2.45, 2.75) is 0 Å². The topological polar surface area (TPSA) is 43.1 Å². The molecule has 2 aromatic carbocycles. The number of nitrogens with zero attached hydrogens (tertiary/aromatic N) is 4. The van der Waals surface area contributed by atoms with Gasteiger partial charge in [0, 0.05) is 11.1 Å². The zero-order valence-corrected chi connectivity index (χ0v) is 11.5. The number of aromatic nitrogens is 4. The van der Waals surface area contributed by atoms with E-state index in [2.05, 4.69) is 15.1 Å². The number of halogens is 1. The predicted molar refractivity (Wildman–Crippen MR) is 81.6 cm³/mol. The van der Waals surface area contributed by atoms with Gasteiger partial charge in [0.1, 0.15) is 12.1 Å². The van der Waals surface area contributed by atoms with Gasteiger partial charge in [-0.15, -0.1) is 0 Å². The largest absolute Gasteiger partial charge is 0.253 e. The van der Waals surface area contributed by atoms with Crippen LogP contribution < -0.4 is 0 Å². The van der Waals surface area contributed by atoms with Gasteiger partial charge in [-0.2, -0.15) is 14.6 Å². The number of hydrogen-bond donors (Lipinski definition) is 0. The molecule has 4 rings (SSSR count). The normalized spacial score (nSPS) is 11.0. The minimum absolute atomic E-state index is 0.268. The molecule has 0 spiro atoms. The number of fused-ring (bicyclic) bond motifs is 1. The molecule has 0 radical (unpaired) electrons. The van der Waals surface area contributed by atoms with E-state index in [1.54, 1.807) is 16.6 Å². The van der Waals surface area contributed by atoms with Gasteiger partial charge in [0.15, 0.2) is 0 Å². The van der Waals surface area contributed by atoms with Crippen LogP contribution in [0, 0.1) is 5.82 Å². The molecule has 0 fully saturated rings. The molecule has 0 atom stereocenters. The second-order valence-electron chi connectivity index (χ2n) is 4.87. The molecule has 0 amide bonds. The van der Waals surface area contributed by atoms with Gasteiger partial charge < -0.3 is 0 Å². The number of benzene rings is 2. The average Bonchev–Trinajstić information content (AvgIpc) is 3.04. The third-order valence-electron chi connectivity index (χ3n) is 3.46. The summed E-state index contributed by atoms with van der Waals surface area (Å²) in [4.78, 5) is 8.70. The fraction of sp³-hybridized carbons (Fsp3) is 0. The van der Waals surface area contributed by atoms with Crippen LogP contribution >= 0.6 is 0 Å². The van der Waals surface area contributed by atoms with Gasteiger partial charge >= 0.3 is 0 Å². The summed E-state index contributed by atoms with van der Waals surface area (Å²) in [6.07, 6.45) is 1.46. The minimum atomic E-state index is -0.268. The molecule has 2 heterocycles. The minimum Gasteiger partial charge on any atom is -0.211 e. The van der Waals surface area contributed by atoms with Crippen molar-refractivity contribution in [1.82, 2.24) is 19.6 Å². The Balaban J connectivity index is 1.97. The van der Waals surface area contributed by atoms with Crippen molar-refractivity contribution in [3.8, 4) is 22.5 Å². The fourth-order valence-corrected chi connectivity index (χ4v) is 2.40. The smallest absolute Gasteiger partial charge is 0.211 e. The Morgan fingerprint density at radius 1 is 0.864 bits per heavy atom. The van der Waals surface area contributed by atoms with E-state index in [4.69, 9.17) is 0 Å². The first kappa shape index (κ1) is 12.6. The Hall–Kier alpha value is -3.08. The lowest BCUT2D eigenvalue weighted by Crippen LogP contribution is -1.98. The van der Waals surface area contributed by atoms with E-state index in [1.807, 2.05) is 36.4 Å². The van der Waals surface area contributed by atoms with Crippen molar-refractivity contribution >= 4 is 5.78 Å². The quantitative estimate of drug-likeness (QED) is 0.566. The highest BCUT2D eigenvalue weighted by molar-refractivity contribution is 5.70. The van der Waals surface area contributed by atoms with Gasteiger partial charge in [0.25, 0.3) is 5.78 Å². The van der Waals surface area contributed by atoms with Crippen LogP contribution in [0.1, 0.15) is 0 Å². The van der Waals surface area contributed by atoms with E-state index in [-0.39, 0.29) is 5.82 Å². The Morgan fingerprint density at radius 3 is 2.41 bits per heavy atom. The van der Waals surface area contributed by atoms with E-state index < -0.39 is 0 Å². The van der Waals surface area contributed by atoms with Crippen LogP contribution in [0.3, 0.4) is 0 Å². The SMILES string of the molecule is Fc1ccc(-c2cc(-c3ccccc3)nc3ncnn23)cc1. The standard InChI is InChI=1S/C17H11FN4/c18-14-8-6-13(7-9-14)16-10-15(12-4-2-1-3-5-12)21-17-19-11-20-22(16)17/h1-11H. The van der Waals surface area contributed by atoms with Gasteiger partial charge in [0.05, 0.1) is 11.4 Å². The second kappa shape index (κ2) is 5.04. The lowest BCUT2D eigenvalue weighted by molar-refractivity contribution is 0.628. The van der Waals surface area contributed by atoms with Crippen LogP contribution in [0.4, 0.5) is 4.39 Å². The van der Waals surface area contributed by atoms with Crippen molar-refractivity contribution in [3.63, 3.8) is 0 Å². The summed E-state index contributed by atoms with van der Waals surface area (Å²) >= 11 is 0. The maximum absolute atomic E-state index is 13.2. The summed E-state index contributed by atoms with van der Waals surface area (Å²) in [6, 6.07) is 18.1. The number of hydrogen-bond acceptors (Lipinski definition) is 3. The first-order chi connectivity index (χ1) is 10.8. The Kier molecular flexibility index (Phi) is 2.89. The van der Waals surface area contributed by atoms with Crippen LogP contribution in [0.25, 0.3) is 28.3 Å². The van der Waals surface area contributed by atoms with E-state index >= 15 is 0 Å². The third kappa shape index (κ3) is 2.13. The summed E-state index contributed by atoms with van der Waals surface area (Å²) in [7, 11) is 0. The van der Waals surface area contributed by atoms with Crippen molar-refractivity contribution in [1.29, 1.82) is 0 Å². The Morgan fingerprint density at radius 2 is 1.64 bits per heavy atom. The molecule has 0 N–H and O–H groups in total. The van der Waals surface area contributed by atoms with E-state index in [0.717, 1.165) is 22.5 Å². The molecule has 5 heteroatoms. The first-order valence-electron chi connectivity index (χ1n) is 6.83. The van der Waals surface area contributed by atoms with Crippen molar-refractivity contribution in [2.24, 2.45) is 0 Å². The summed E-state index contributed by atoms with van der Waals surface area (Å²) < 4.78 is 14.8. The molecule has 0 bridgehead atoms. The zero-order valence-electron chi connectivity index (χ0n) is 11.5. The number of rotatable bonds is 2. The molecule has 0 unspecified atom stereocenters. The predicted octanol–water partition coefficient (Wildman–Crippen LogP) is 3.60. The van der Waals surface area contributed by atoms with Gasteiger partial charge in [0.2, 0.25) is 0 Å². The third-order valence-corrected chi connectivity index (χ3v) is 3.46. The van der Waals surface area contributed by atoms with Crippen LogP contribution in [-0.2, 0) is 0 Å². The van der Waals surface area contributed by atoms with Gasteiger partial charge in [-0.1, -0.05) is 30.3 Å². The molecule has 0 aliphatic heterocycles. The average molecular weight is 290 g/mol. The zero-order chi connectivity index (χ0) is 14.9. The molecule has 0 aliphatic carbocycles.